The van der Waals surface area contributed by atoms with Gasteiger partial charge in [0.1, 0.15) is 0 Å². The van der Waals surface area contributed by atoms with Crippen LogP contribution in [0.3, 0.4) is 0 Å². The van der Waals surface area contributed by atoms with Crippen molar-refractivity contribution in [3.05, 3.63) is 41.7 Å². The van der Waals surface area contributed by atoms with E-state index in [-0.39, 0.29) is 0 Å². The molecule has 14 heavy (non-hydrogen) atoms. The van der Waals surface area contributed by atoms with Crippen molar-refractivity contribution in [1.29, 1.82) is 0 Å². The fourth-order valence-electron chi connectivity index (χ4n) is 1.48. The highest BCUT2D eigenvalue weighted by atomic mass is 15.1. The molecule has 1 aromatic carbocycles. The number of benzene rings is 1. The first-order chi connectivity index (χ1) is 6.61. The Balaban J connectivity index is 2.71. The van der Waals surface area contributed by atoms with Gasteiger partial charge in [0.25, 0.3) is 0 Å². The second-order valence-corrected chi connectivity index (χ2v) is 3.51. The summed E-state index contributed by atoms with van der Waals surface area (Å²) in [5, 5.41) is 6.35. The Bertz CT molecular complexity index is 309. The molecule has 1 aromatic rings. The lowest BCUT2D eigenvalue weighted by Crippen LogP contribution is -2.17. The zero-order valence-corrected chi connectivity index (χ0v) is 9.15. The normalized spacial score (nSPS) is 9.64. The standard InChI is InChI=1S/C12H18N2/c1-5-13-11(4)14-12-7-9(2)6-10(3)8-12/h6-8,13-14H,4-5H2,1-3H3. The molecule has 0 heterocycles. The molecule has 0 saturated carbocycles. The summed E-state index contributed by atoms with van der Waals surface area (Å²) in [6, 6.07) is 6.37. The summed E-state index contributed by atoms with van der Waals surface area (Å²) in [5.41, 5.74) is 3.61. The minimum atomic E-state index is 0.845. The maximum atomic E-state index is 3.88. The van der Waals surface area contributed by atoms with Crippen molar-refractivity contribution in [3.63, 3.8) is 0 Å². The van der Waals surface area contributed by atoms with E-state index < -0.39 is 0 Å². The molecule has 0 fully saturated rings. The van der Waals surface area contributed by atoms with Crippen LogP contribution in [0.5, 0.6) is 0 Å². The molecule has 0 radical (unpaired) electrons. The Hall–Kier alpha value is -1.44. The smallest absolute Gasteiger partial charge is 0.0957 e. The van der Waals surface area contributed by atoms with Crippen LogP contribution in [0.25, 0.3) is 0 Å². The van der Waals surface area contributed by atoms with Gasteiger partial charge < -0.3 is 10.6 Å². The van der Waals surface area contributed by atoms with Crippen molar-refractivity contribution in [2.75, 3.05) is 11.9 Å². The van der Waals surface area contributed by atoms with Gasteiger partial charge in [-0.1, -0.05) is 12.6 Å². The summed E-state index contributed by atoms with van der Waals surface area (Å²) < 4.78 is 0. The zero-order chi connectivity index (χ0) is 10.6. The summed E-state index contributed by atoms with van der Waals surface area (Å²) in [4.78, 5) is 0. The van der Waals surface area contributed by atoms with Gasteiger partial charge in [0.05, 0.1) is 5.82 Å². The third kappa shape index (κ3) is 3.13. The Morgan fingerprint density at radius 1 is 1.21 bits per heavy atom. The molecule has 0 unspecified atom stereocenters. The van der Waals surface area contributed by atoms with Crippen molar-refractivity contribution in [1.82, 2.24) is 5.32 Å². The minimum absolute atomic E-state index is 0.845. The maximum absolute atomic E-state index is 3.88. The van der Waals surface area contributed by atoms with Crippen LogP contribution < -0.4 is 10.6 Å². The first-order valence-corrected chi connectivity index (χ1v) is 4.90. The predicted octanol–water partition coefficient (Wildman–Crippen LogP) is 2.80. The van der Waals surface area contributed by atoms with Gasteiger partial charge in [-0.05, 0) is 44.0 Å². The number of rotatable bonds is 4. The molecular formula is C12H18N2. The van der Waals surface area contributed by atoms with E-state index in [1.165, 1.54) is 11.1 Å². The Labute approximate surface area is 86.0 Å². The predicted molar refractivity (Wildman–Crippen MR) is 62.4 cm³/mol. The van der Waals surface area contributed by atoms with E-state index >= 15 is 0 Å². The van der Waals surface area contributed by atoms with Gasteiger partial charge in [0, 0.05) is 12.2 Å². The first kappa shape index (κ1) is 10.6. The van der Waals surface area contributed by atoms with Gasteiger partial charge >= 0.3 is 0 Å². The van der Waals surface area contributed by atoms with Crippen LogP contribution in [0.4, 0.5) is 5.69 Å². The van der Waals surface area contributed by atoms with Crippen molar-refractivity contribution in [2.24, 2.45) is 0 Å². The number of hydrogen-bond donors (Lipinski definition) is 2. The van der Waals surface area contributed by atoms with Crippen LogP contribution in [0.2, 0.25) is 0 Å². The van der Waals surface area contributed by atoms with Crippen molar-refractivity contribution in [2.45, 2.75) is 20.8 Å². The fraction of sp³-hybridized carbons (Fsp3) is 0.333. The maximum Gasteiger partial charge on any atom is 0.0957 e. The van der Waals surface area contributed by atoms with Crippen LogP contribution in [0.15, 0.2) is 30.6 Å². The number of nitrogens with one attached hydrogen (secondary N) is 2. The Kier molecular flexibility index (Phi) is 3.57. The Morgan fingerprint density at radius 2 is 1.79 bits per heavy atom. The third-order valence-corrected chi connectivity index (χ3v) is 1.91. The van der Waals surface area contributed by atoms with E-state index in [0.717, 1.165) is 18.1 Å². The Morgan fingerprint density at radius 3 is 2.29 bits per heavy atom. The second kappa shape index (κ2) is 4.70. The van der Waals surface area contributed by atoms with Gasteiger partial charge in [-0.3, -0.25) is 0 Å². The highest BCUT2D eigenvalue weighted by Crippen LogP contribution is 2.14. The number of aryl methyl sites for hydroxylation is 2. The van der Waals surface area contributed by atoms with Crippen LogP contribution in [-0.2, 0) is 0 Å². The molecule has 0 aromatic heterocycles. The van der Waals surface area contributed by atoms with Gasteiger partial charge in [0.15, 0.2) is 0 Å². The molecular weight excluding hydrogens is 172 g/mol. The third-order valence-electron chi connectivity index (χ3n) is 1.91. The second-order valence-electron chi connectivity index (χ2n) is 3.51. The summed E-state index contributed by atoms with van der Waals surface area (Å²) in [7, 11) is 0. The molecule has 1 rings (SSSR count). The molecule has 0 atom stereocenters. The zero-order valence-electron chi connectivity index (χ0n) is 9.15. The molecule has 0 aliphatic rings. The lowest BCUT2D eigenvalue weighted by molar-refractivity contribution is 0.864. The summed E-state index contributed by atoms with van der Waals surface area (Å²) >= 11 is 0. The molecule has 76 valence electrons. The van der Waals surface area contributed by atoms with Crippen molar-refractivity contribution >= 4 is 5.69 Å². The van der Waals surface area contributed by atoms with E-state index in [9.17, 15) is 0 Å². The van der Waals surface area contributed by atoms with Crippen molar-refractivity contribution in [3.8, 4) is 0 Å². The van der Waals surface area contributed by atoms with E-state index in [1.54, 1.807) is 0 Å². The highest BCUT2D eigenvalue weighted by molar-refractivity contribution is 5.51. The van der Waals surface area contributed by atoms with Crippen LogP contribution >= 0.6 is 0 Å². The van der Waals surface area contributed by atoms with Crippen LogP contribution in [-0.4, -0.2) is 6.54 Å². The van der Waals surface area contributed by atoms with Gasteiger partial charge in [-0.2, -0.15) is 0 Å². The quantitative estimate of drug-likeness (QED) is 0.763. The SMILES string of the molecule is C=C(NCC)Nc1cc(C)cc(C)c1. The molecule has 0 spiro atoms. The van der Waals surface area contributed by atoms with E-state index in [4.69, 9.17) is 0 Å². The summed E-state index contributed by atoms with van der Waals surface area (Å²) in [6.07, 6.45) is 0. The van der Waals surface area contributed by atoms with Gasteiger partial charge in [0.2, 0.25) is 0 Å². The lowest BCUT2D eigenvalue weighted by atomic mass is 10.1. The molecule has 0 bridgehead atoms. The van der Waals surface area contributed by atoms with Gasteiger partial charge in [-0.25, -0.2) is 0 Å². The topological polar surface area (TPSA) is 24.1 Å². The van der Waals surface area contributed by atoms with E-state index in [0.29, 0.717) is 0 Å². The monoisotopic (exact) mass is 190 g/mol. The highest BCUT2D eigenvalue weighted by Gasteiger charge is 1.96. The number of hydrogen-bond acceptors (Lipinski definition) is 2. The van der Waals surface area contributed by atoms with Crippen molar-refractivity contribution < 1.29 is 0 Å². The molecule has 2 N–H and O–H groups in total. The number of anilines is 1. The fourth-order valence-corrected chi connectivity index (χ4v) is 1.48. The average molecular weight is 190 g/mol. The summed E-state index contributed by atoms with van der Waals surface area (Å²) in [5.74, 6) is 0.845. The summed E-state index contributed by atoms with van der Waals surface area (Å²) in [6.45, 7) is 11.0. The molecule has 0 aliphatic heterocycles. The van der Waals surface area contributed by atoms with Crippen LogP contribution in [0.1, 0.15) is 18.1 Å². The molecule has 0 saturated heterocycles. The van der Waals surface area contributed by atoms with Gasteiger partial charge in [-0.15, -0.1) is 0 Å². The van der Waals surface area contributed by atoms with E-state index in [2.05, 4.69) is 49.3 Å². The first-order valence-electron chi connectivity index (χ1n) is 4.90. The van der Waals surface area contributed by atoms with E-state index in [1.807, 2.05) is 6.92 Å². The minimum Gasteiger partial charge on any atom is -0.372 e. The largest absolute Gasteiger partial charge is 0.372 e. The molecule has 2 heteroatoms. The van der Waals surface area contributed by atoms with Crippen LogP contribution in [0, 0.1) is 13.8 Å². The molecule has 2 nitrogen and oxygen atoms in total. The molecule has 0 aliphatic carbocycles. The average Bonchev–Trinajstić information content (AvgIpc) is 2.01. The lowest BCUT2D eigenvalue weighted by Gasteiger charge is -2.11. The molecule has 0 amide bonds.